The van der Waals surface area contributed by atoms with Gasteiger partial charge in [0.2, 0.25) is 17.7 Å². The van der Waals surface area contributed by atoms with E-state index in [0.717, 1.165) is 25.9 Å². The minimum absolute atomic E-state index is 0.0218. The smallest absolute Gasteiger partial charge is 0.237 e. The quantitative estimate of drug-likeness (QED) is 0.329. The summed E-state index contributed by atoms with van der Waals surface area (Å²) in [6.45, 7) is 7.43. The Balaban J connectivity index is 1.69. The Morgan fingerprint density at radius 3 is 2.34 bits per heavy atom. The molecule has 200 valence electrons. The van der Waals surface area contributed by atoms with Crippen LogP contribution in [0, 0.1) is 11.8 Å². The van der Waals surface area contributed by atoms with E-state index < -0.39 is 12.2 Å². The van der Waals surface area contributed by atoms with Gasteiger partial charge in [0.1, 0.15) is 0 Å². The number of likely N-dealkylation sites (tertiary alicyclic amines) is 2. The average molecular weight is 496 g/mol. The predicted molar refractivity (Wildman–Crippen MR) is 132 cm³/mol. The highest BCUT2D eigenvalue weighted by Gasteiger charge is 2.39. The first kappa shape index (κ1) is 27.8. The minimum atomic E-state index is -0.965. The summed E-state index contributed by atoms with van der Waals surface area (Å²) in [7, 11) is 2.09. The molecule has 10 heteroatoms. The summed E-state index contributed by atoms with van der Waals surface area (Å²) in [6.07, 6.45) is 1.29. The first-order valence-electron chi connectivity index (χ1n) is 13.3. The van der Waals surface area contributed by atoms with Gasteiger partial charge in [0.25, 0.3) is 0 Å². The van der Waals surface area contributed by atoms with Crippen molar-refractivity contribution >= 4 is 17.7 Å². The van der Waals surface area contributed by atoms with Gasteiger partial charge in [0.05, 0.1) is 24.7 Å². The number of amides is 3. The molecule has 6 atom stereocenters. The van der Waals surface area contributed by atoms with Crippen LogP contribution in [0.15, 0.2) is 0 Å². The third kappa shape index (κ3) is 8.41. The molecule has 3 aliphatic heterocycles. The Kier molecular flexibility index (Phi) is 10.3. The second-order valence-corrected chi connectivity index (χ2v) is 11.0. The zero-order valence-electron chi connectivity index (χ0n) is 21.5. The predicted octanol–water partition coefficient (Wildman–Crippen LogP) is -0.560. The average Bonchev–Trinajstić information content (AvgIpc) is 3.18. The van der Waals surface area contributed by atoms with Crippen molar-refractivity contribution in [2.45, 2.75) is 89.1 Å². The van der Waals surface area contributed by atoms with Crippen LogP contribution < -0.4 is 16.0 Å². The summed E-state index contributed by atoms with van der Waals surface area (Å²) in [6, 6.07) is -0.312. The van der Waals surface area contributed by atoms with Gasteiger partial charge >= 0.3 is 0 Å². The lowest BCUT2D eigenvalue weighted by Gasteiger charge is -2.37. The summed E-state index contributed by atoms with van der Waals surface area (Å²) in [5, 5.41) is 29.5. The normalized spacial score (nSPS) is 35.7. The van der Waals surface area contributed by atoms with Crippen molar-refractivity contribution in [1.82, 2.24) is 25.8 Å². The fraction of sp³-hybridized carbons (Fsp3) is 0.880. The van der Waals surface area contributed by atoms with Crippen LogP contribution in [-0.4, -0.2) is 108 Å². The third-order valence-corrected chi connectivity index (χ3v) is 7.79. The Hall–Kier alpha value is -1.75. The molecule has 3 amide bonds. The molecule has 3 heterocycles. The molecule has 3 rings (SSSR count). The number of nitrogens with zero attached hydrogens (tertiary/aromatic N) is 2. The molecule has 1 unspecified atom stereocenters. The highest BCUT2D eigenvalue weighted by Crippen LogP contribution is 2.28. The van der Waals surface area contributed by atoms with E-state index in [1.165, 1.54) is 0 Å². The Bertz CT molecular complexity index is 735. The zero-order chi connectivity index (χ0) is 25.5. The maximum atomic E-state index is 13.1. The van der Waals surface area contributed by atoms with E-state index in [4.69, 9.17) is 0 Å². The molecule has 5 N–H and O–H groups in total. The molecule has 0 spiro atoms. The lowest BCUT2D eigenvalue weighted by atomic mass is 9.81. The van der Waals surface area contributed by atoms with Crippen molar-refractivity contribution in [1.29, 1.82) is 0 Å². The molecule has 0 aromatic rings. The fourth-order valence-electron chi connectivity index (χ4n) is 5.86. The van der Waals surface area contributed by atoms with Crippen molar-refractivity contribution in [2.75, 3.05) is 39.8 Å². The summed E-state index contributed by atoms with van der Waals surface area (Å²) < 4.78 is 0. The van der Waals surface area contributed by atoms with Crippen molar-refractivity contribution in [3.8, 4) is 0 Å². The van der Waals surface area contributed by atoms with E-state index in [2.05, 4.69) is 32.8 Å². The molecule has 0 aromatic heterocycles. The van der Waals surface area contributed by atoms with Crippen molar-refractivity contribution in [3.05, 3.63) is 0 Å². The number of aliphatic hydroxyl groups is 2. The number of aliphatic hydroxyl groups excluding tert-OH is 2. The third-order valence-electron chi connectivity index (χ3n) is 7.79. The van der Waals surface area contributed by atoms with Gasteiger partial charge in [-0.1, -0.05) is 0 Å². The number of carbonyl (C=O) groups is 3. The van der Waals surface area contributed by atoms with Crippen LogP contribution in [0.2, 0.25) is 0 Å². The van der Waals surface area contributed by atoms with E-state index in [1.54, 1.807) is 0 Å². The monoisotopic (exact) mass is 495 g/mol. The SMILES string of the molecule is CC(C)N1C[C@@H]2C[C@@H]1C(=O)NCC[C@H]1CN(C)CC[C@H]1CC(=O)NCC[C@@H](O)CC(O)CC(=O)N2. The van der Waals surface area contributed by atoms with E-state index in [1.807, 2.05) is 13.8 Å². The Labute approximate surface area is 209 Å². The van der Waals surface area contributed by atoms with Gasteiger partial charge in [-0.3, -0.25) is 19.3 Å². The topological polar surface area (TPSA) is 134 Å². The van der Waals surface area contributed by atoms with Gasteiger partial charge in [-0.25, -0.2) is 0 Å². The first-order chi connectivity index (χ1) is 16.6. The minimum Gasteiger partial charge on any atom is -0.393 e. The van der Waals surface area contributed by atoms with E-state index in [0.29, 0.717) is 44.8 Å². The molecule has 3 aliphatic rings. The summed E-state index contributed by atoms with van der Waals surface area (Å²) in [5.74, 6) is 0.252. The lowest BCUT2D eigenvalue weighted by molar-refractivity contribution is -0.127. The van der Waals surface area contributed by atoms with Gasteiger partial charge in [-0.15, -0.1) is 0 Å². The second kappa shape index (κ2) is 13.0. The van der Waals surface area contributed by atoms with E-state index in [9.17, 15) is 24.6 Å². The van der Waals surface area contributed by atoms with E-state index in [-0.39, 0.29) is 54.6 Å². The molecule has 0 radical (unpaired) electrons. The Morgan fingerprint density at radius 2 is 1.60 bits per heavy atom. The van der Waals surface area contributed by atoms with Gasteiger partial charge in [0.15, 0.2) is 0 Å². The number of hydrogen-bond acceptors (Lipinski definition) is 7. The van der Waals surface area contributed by atoms with Crippen LogP contribution in [0.3, 0.4) is 0 Å². The van der Waals surface area contributed by atoms with Crippen LogP contribution in [0.5, 0.6) is 0 Å². The van der Waals surface area contributed by atoms with Gasteiger partial charge in [-0.05, 0) is 71.4 Å². The summed E-state index contributed by atoms with van der Waals surface area (Å²) in [5.41, 5.74) is 0. The molecule has 3 fully saturated rings. The number of fused-ring (bicyclic) bond motifs is 3. The van der Waals surface area contributed by atoms with Crippen LogP contribution in [0.4, 0.5) is 0 Å². The van der Waals surface area contributed by atoms with E-state index >= 15 is 0 Å². The van der Waals surface area contributed by atoms with Crippen LogP contribution in [0.25, 0.3) is 0 Å². The summed E-state index contributed by atoms with van der Waals surface area (Å²) in [4.78, 5) is 42.6. The fourth-order valence-corrected chi connectivity index (χ4v) is 5.86. The highest BCUT2D eigenvalue weighted by molar-refractivity contribution is 5.83. The largest absolute Gasteiger partial charge is 0.393 e. The highest BCUT2D eigenvalue weighted by atomic mass is 16.3. The van der Waals surface area contributed by atoms with Gasteiger partial charge in [0, 0.05) is 44.7 Å². The van der Waals surface area contributed by atoms with Crippen LogP contribution in [0.1, 0.15) is 58.8 Å². The van der Waals surface area contributed by atoms with Gasteiger partial charge in [-0.2, -0.15) is 0 Å². The second-order valence-electron chi connectivity index (χ2n) is 11.0. The molecular weight excluding hydrogens is 450 g/mol. The number of piperidine rings is 1. The molecule has 10 nitrogen and oxygen atoms in total. The molecule has 0 aliphatic carbocycles. The number of rotatable bonds is 1. The number of nitrogens with one attached hydrogen (secondary N) is 3. The standard InChI is InChI=1S/C25H45N5O5/c1-16(2)30-15-19-11-22(30)25(35)27-7-4-18-14-29(3)9-6-17(18)10-23(33)26-8-5-20(31)12-21(32)13-24(34)28-19/h16-22,31-32H,4-15H2,1-3H3,(H,26,33)(H,27,35)(H,28,34)/t17-,18-,19-,20+,21?,22+/m0/s1. The molecule has 2 bridgehead atoms. The summed E-state index contributed by atoms with van der Waals surface area (Å²) >= 11 is 0. The van der Waals surface area contributed by atoms with Crippen molar-refractivity contribution in [3.63, 3.8) is 0 Å². The molecule has 35 heavy (non-hydrogen) atoms. The zero-order valence-corrected chi connectivity index (χ0v) is 21.5. The van der Waals surface area contributed by atoms with Crippen molar-refractivity contribution < 1.29 is 24.6 Å². The molecule has 0 aromatic carbocycles. The number of hydrogen-bond donors (Lipinski definition) is 5. The molecule has 3 saturated heterocycles. The molecule has 0 saturated carbocycles. The number of carbonyl (C=O) groups excluding carboxylic acids is 3. The first-order valence-corrected chi connectivity index (χ1v) is 13.3. The van der Waals surface area contributed by atoms with Crippen LogP contribution >= 0.6 is 0 Å². The lowest BCUT2D eigenvalue weighted by Crippen LogP contribution is -2.47. The Morgan fingerprint density at radius 1 is 0.857 bits per heavy atom. The molecular formula is C25H45N5O5. The maximum Gasteiger partial charge on any atom is 0.237 e. The maximum absolute atomic E-state index is 13.1. The van der Waals surface area contributed by atoms with Gasteiger partial charge < -0.3 is 31.1 Å². The van der Waals surface area contributed by atoms with Crippen LogP contribution in [-0.2, 0) is 14.4 Å². The van der Waals surface area contributed by atoms with Crippen molar-refractivity contribution in [2.24, 2.45) is 11.8 Å².